The minimum atomic E-state index is -4.23. The van der Waals surface area contributed by atoms with Gasteiger partial charge in [-0.25, -0.2) is 4.79 Å². The van der Waals surface area contributed by atoms with Gasteiger partial charge in [0.25, 0.3) is 0 Å². The number of nitrogens with zero attached hydrogens (tertiary/aromatic N) is 2. The lowest BCUT2D eigenvalue weighted by molar-refractivity contribution is -0.0533. The number of aromatic nitrogens is 2. The second-order valence-corrected chi connectivity index (χ2v) is 4.29. The van der Waals surface area contributed by atoms with Crippen LogP contribution in [0.4, 0.5) is 5.82 Å². The van der Waals surface area contributed by atoms with Gasteiger partial charge in [-0.05, 0) is 0 Å². The molecule has 0 saturated heterocycles. The number of hydrogen-bond donors (Lipinski definition) is 5. The molecule has 0 saturated carbocycles. The number of rotatable bonds is 5. The lowest BCUT2D eigenvalue weighted by Crippen LogP contribution is -2.30. The van der Waals surface area contributed by atoms with E-state index in [-0.39, 0.29) is 18.1 Å². The summed E-state index contributed by atoms with van der Waals surface area (Å²) in [5.74, 6) is 0.0426. The highest BCUT2D eigenvalue weighted by Crippen LogP contribution is 2.33. The van der Waals surface area contributed by atoms with Gasteiger partial charge >= 0.3 is 13.3 Å². The molecule has 0 aliphatic heterocycles. The van der Waals surface area contributed by atoms with Gasteiger partial charge in [-0.1, -0.05) is 0 Å². The third kappa shape index (κ3) is 6.96. The van der Waals surface area contributed by atoms with Crippen molar-refractivity contribution in [3.8, 4) is 0 Å². The van der Waals surface area contributed by atoms with Crippen molar-refractivity contribution in [1.29, 1.82) is 0 Å². The summed E-state index contributed by atoms with van der Waals surface area (Å²) in [5, 5.41) is 0. The van der Waals surface area contributed by atoms with E-state index >= 15 is 0 Å². The van der Waals surface area contributed by atoms with E-state index in [1.807, 2.05) is 0 Å². The Morgan fingerprint density at radius 2 is 2.06 bits per heavy atom. The van der Waals surface area contributed by atoms with Crippen molar-refractivity contribution in [1.82, 2.24) is 22.0 Å². The second-order valence-electron chi connectivity index (χ2n) is 2.71. The van der Waals surface area contributed by atoms with Crippen molar-refractivity contribution < 1.29 is 23.9 Å². The average molecular weight is 285 g/mol. The van der Waals surface area contributed by atoms with Crippen molar-refractivity contribution in [2.75, 3.05) is 18.9 Å². The van der Waals surface area contributed by atoms with E-state index in [2.05, 4.69) is 9.72 Å². The van der Waals surface area contributed by atoms with Crippen LogP contribution in [-0.2, 0) is 9.30 Å². The van der Waals surface area contributed by atoms with Crippen LogP contribution < -0.4 is 28.6 Å². The highest BCUT2D eigenvalue weighted by atomic mass is 31.2. The zero-order valence-corrected chi connectivity index (χ0v) is 10.3. The monoisotopic (exact) mass is 285 g/mol. The first-order valence-corrected chi connectivity index (χ1v) is 5.79. The maximum Gasteiger partial charge on any atom is 0.382 e. The quantitative estimate of drug-likeness (QED) is 0.245. The van der Waals surface area contributed by atoms with Crippen LogP contribution in [0.25, 0.3) is 0 Å². The Labute approximate surface area is 102 Å². The van der Waals surface area contributed by atoms with Crippen LogP contribution in [0, 0.1) is 0 Å². The fraction of sp³-hybridized carbons (Fsp3) is 0.333. The highest BCUT2D eigenvalue weighted by molar-refractivity contribution is 7.51. The van der Waals surface area contributed by atoms with Crippen molar-refractivity contribution in [2.45, 2.75) is 0 Å². The van der Waals surface area contributed by atoms with Gasteiger partial charge in [0.2, 0.25) is 6.79 Å². The summed E-state index contributed by atoms with van der Waals surface area (Å²) < 4.78 is 15.6. The van der Waals surface area contributed by atoms with E-state index in [1.54, 1.807) is 0 Å². The molecule has 18 heavy (non-hydrogen) atoms. The molecule has 0 atom stereocenters. The van der Waals surface area contributed by atoms with Crippen molar-refractivity contribution in [2.24, 2.45) is 0 Å². The maximum atomic E-state index is 11.1. The number of hydrogen-bond acceptors (Lipinski definition) is 8. The van der Waals surface area contributed by atoms with Gasteiger partial charge < -0.3 is 37.4 Å². The molecule has 1 aromatic heterocycles. The van der Waals surface area contributed by atoms with E-state index in [4.69, 9.17) is 20.4 Å². The SMILES string of the molecule is N.N.Nc1ccn(OCOCP(=O)(O)O)c(=O)n1. The summed E-state index contributed by atoms with van der Waals surface area (Å²) in [6, 6.07) is 1.32. The topological polar surface area (TPSA) is 207 Å². The van der Waals surface area contributed by atoms with Gasteiger partial charge in [0.1, 0.15) is 5.82 Å². The minimum Gasteiger partial charge on any atom is -0.383 e. The van der Waals surface area contributed by atoms with Crippen LogP contribution in [0.5, 0.6) is 0 Å². The van der Waals surface area contributed by atoms with E-state index in [0.717, 1.165) is 4.73 Å². The summed E-state index contributed by atoms with van der Waals surface area (Å²) in [5.41, 5.74) is 4.47. The van der Waals surface area contributed by atoms with Crippen LogP contribution in [0.1, 0.15) is 0 Å². The number of ether oxygens (including phenoxy) is 1. The van der Waals surface area contributed by atoms with E-state index in [9.17, 15) is 9.36 Å². The fourth-order valence-electron chi connectivity index (χ4n) is 0.753. The zero-order chi connectivity index (χ0) is 12.2. The molecule has 0 spiro atoms. The molecule has 0 amide bonds. The molecule has 0 radical (unpaired) electrons. The molecule has 1 rings (SSSR count). The number of anilines is 1. The predicted octanol–water partition coefficient (Wildman–Crippen LogP) is -1.31. The third-order valence-electron chi connectivity index (χ3n) is 1.33. The molecule has 1 heterocycles. The Hall–Kier alpha value is -1.49. The Bertz CT molecular complexity index is 458. The molecule has 12 heteroatoms. The van der Waals surface area contributed by atoms with Crippen LogP contribution in [0.15, 0.2) is 17.1 Å². The summed E-state index contributed by atoms with van der Waals surface area (Å²) in [4.78, 5) is 36.0. The molecule has 0 unspecified atom stereocenters. The standard InChI is InChI=1S/C6H10N3O6P.2H3N/c7-5-1-2-9(6(10)8-5)15-3-14-4-16(11,12)13;;/h1-2H,3-4H2,(H2,7,8,10)(H2,11,12,13);2*1H3. The van der Waals surface area contributed by atoms with E-state index in [0.29, 0.717) is 0 Å². The van der Waals surface area contributed by atoms with Crippen LogP contribution in [0.3, 0.4) is 0 Å². The molecule has 0 aliphatic rings. The van der Waals surface area contributed by atoms with Gasteiger partial charge in [0.05, 0.1) is 6.20 Å². The normalized spacial score (nSPS) is 10.1. The predicted molar refractivity (Wildman–Crippen MR) is 62.4 cm³/mol. The molecule has 1 aromatic rings. The molecule has 0 aliphatic carbocycles. The molecular formula is C6H16N5O6P. The first-order chi connectivity index (χ1) is 7.38. The Balaban J connectivity index is 0. The largest absolute Gasteiger partial charge is 0.383 e. The van der Waals surface area contributed by atoms with E-state index < -0.39 is 26.4 Å². The van der Waals surface area contributed by atoms with Crippen molar-refractivity contribution in [3.63, 3.8) is 0 Å². The van der Waals surface area contributed by atoms with Crippen molar-refractivity contribution >= 4 is 13.4 Å². The smallest absolute Gasteiger partial charge is 0.382 e. The Morgan fingerprint density at radius 3 is 2.56 bits per heavy atom. The summed E-state index contributed by atoms with van der Waals surface area (Å²) in [7, 11) is -4.23. The summed E-state index contributed by atoms with van der Waals surface area (Å²) in [6.45, 7) is -0.489. The molecule has 106 valence electrons. The average Bonchev–Trinajstić information content (AvgIpc) is 2.13. The molecule has 0 bridgehead atoms. The van der Waals surface area contributed by atoms with Gasteiger partial charge in [-0.2, -0.15) is 4.98 Å². The lowest BCUT2D eigenvalue weighted by atomic mass is 10.6. The van der Waals surface area contributed by atoms with Gasteiger partial charge in [-0.15, -0.1) is 4.73 Å². The summed E-state index contributed by atoms with van der Waals surface area (Å²) in [6.07, 6.45) is 0.426. The van der Waals surface area contributed by atoms with Gasteiger partial charge in [-0.3, -0.25) is 4.57 Å². The first-order valence-electron chi connectivity index (χ1n) is 3.99. The van der Waals surface area contributed by atoms with E-state index in [1.165, 1.54) is 12.3 Å². The Kier molecular flexibility index (Phi) is 8.14. The Morgan fingerprint density at radius 1 is 1.44 bits per heavy atom. The number of nitrogens with two attached hydrogens (primary N) is 1. The minimum absolute atomic E-state index is 0. The van der Waals surface area contributed by atoms with Crippen LogP contribution in [0.2, 0.25) is 0 Å². The lowest BCUT2D eigenvalue weighted by Gasteiger charge is -2.08. The fourth-order valence-corrected chi connectivity index (χ4v) is 1.07. The molecular weight excluding hydrogens is 269 g/mol. The van der Waals surface area contributed by atoms with Crippen LogP contribution in [-0.4, -0.2) is 32.6 Å². The molecule has 0 fully saturated rings. The zero-order valence-electron chi connectivity index (χ0n) is 9.43. The highest BCUT2D eigenvalue weighted by Gasteiger charge is 2.12. The summed E-state index contributed by atoms with van der Waals surface area (Å²) >= 11 is 0. The third-order valence-corrected chi connectivity index (χ3v) is 1.85. The first kappa shape index (κ1) is 18.9. The molecule has 10 N–H and O–H groups in total. The molecule has 0 aromatic carbocycles. The number of nitrogen functional groups attached to an aromatic ring is 1. The van der Waals surface area contributed by atoms with Gasteiger partial charge in [0.15, 0.2) is 6.35 Å². The van der Waals surface area contributed by atoms with Crippen molar-refractivity contribution in [3.05, 3.63) is 22.7 Å². The second kappa shape index (κ2) is 7.76. The molecule has 11 nitrogen and oxygen atoms in total. The van der Waals surface area contributed by atoms with Crippen LogP contribution >= 0.6 is 7.60 Å². The van der Waals surface area contributed by atoms with Gasteiger partial charge in [0, 0.05) is 6.07 Å². The maximum absolute atomic E-state index is 11.1.